The summed E-state index contributed by atoms with van der Waals surface area (Å²) in [6, 6.07) is 18.9. The summed E-state index contributed by atoms with van der Waals surface area (Å²) in [5.74, 6) is 2.70. The van der Waals surface area contributed by atoms with Crippen molar-refractivity contribution in [3.05, 3.63) is 65.7 Å². The highest BCUT2D eigenvalue weighted by Gasteiger charge is 2.30. The average molecular weight is 385 g/mol. The van der Waals surface area contributed by atoms with Crippen molar-refractivity contribution in [1.82, 2.24) is 9.21 Å². The van der Waals surface area contributed by atoms with Crippen LogP contribution in [0.1, 0.15) is 28.4 Å². The Morgan fingerprint density at radius 2 is 1.69 bits per heavy atom. The van der Waals surface area contributed by atoms with Crippen LogP contribution in [-0.2, 0) is 0 Å². The zero-order valence-electron chi connectivity index (χ0n) is 14.8. The number of hydrogen-bond acceptors (Lipinski definition) is 5. The van der Waals surface area contributed by atoms with E-state index in [0.717, 1.165) is 23.4 Å². The molecule has 0 aliphatic carbocycles. The van der Waals surface area contributed by atoms with Crippen LogP contribution in [0, 0.1) is 0 Å². The van der Waals surface area contributed by atoms with Crippen molar-refractivity contribution < 1.29 is 4.79 Å². The molecule has 0 aromatic heterocycles. The Labute approximate surface area is 164 Å². The summed E-state index contributed by atoms with van der Waals surface area (Å²) in [6.45, 7) is 3.94. The molecule has 0 bridgehead atoms. The first kappa shape index (κ1) is 18.1. The van der Waals surface area contributed by atoms with Gasteiger partial charge in [0.2, 0.25) is 0 Å². The molecule has 4 rings (SSSR count). The van der Waals surface area contributed by atoms with E-state index in [1.165, 1.54) is 30.2 Å². The molecule has 2 aliphatic heterocycles. The standard InChI is InChI=1S/C21H24N2OS2/c24-20-16-23(26-21-9-5-4-8-18(20)21)19(17-6-2-1-3-7-17)10-11-22-12-14-25-15-13-22/h1-9,19H,10-16H2. The maximum Gasteiger partial charge on any atom is 0.178 e. The molecule has 0 radical (unpaired) electrons. The molecule has 136 valence electrons. The molecule has 0 N–H and O–H groups in total. The van der Waals surface area contributed by atoms with Gasteiger partial charge in [0.25, 0.3) is 0 Å². The number of ketones is 1. The monoisotopic (exact) mass is 384 g/mol. The van der Waals surface area contributed by atoms with Gasteiger partial charge in [-0.15, -0.1) is 0 Å². The van der Waals surface area contributed by atoms with Gasteiger partial charge in [-0.25, -0.2) is 4.31 Å². The van der Waals surface area contributed by atoms with Crippen molar-refractivity contribution in [3.63, 3.8) is 0 Å². The maximum absolute atomic E-state index is 12.7. The highest BCUT2D eigenvalue weighted by Crippen LogP contribution is 2.39. The number of rotatable bonds is 5. The van der Waals surface area contributed by atoms with Crippen molar-refractivity contribution in [2.75, 3.05) is 37.7 Å². The van der Waals surface area contributed by atoms with Crippen molar-refractivity contribution in [1.29, 1.82) is 0 Å². The zero-order chi connectivity index (χ0) is 17.8. The lowest BCUT2D eigenvalue weighted by Gasteiger charge is -2.35. The molecule has 2 aromatic carbocycles. The lowest BCUT2D eigenvalue weighted by Crippen LogP contribution is -2.37. The predicted octanol–water partition coefficient (Wildman–Crippen LogP) is 4.37. The first-order chi connectivity index (χ1) is 12.8. The SMILES string of the molecule is O=C1CN(C(CCN2CCSCC2)c2ccccc2)Sc2ccccc21. The van der Waals surface area contributed by atoms with Crippen molar-refractivity contribution in [2.24, 2.45) is 0 Å². The van der Waals surface area contributed by atoms with E-state index in [-0.39, 0.29) is 11.8 Å². The second-order valence-corrected chi connectivity index (χ2v) is 9.07. The minimum absolute atomic E-state index is 0.231. The van der Waals surface area contributed by atoms with E-state index in [0.29, 0.717) is 6.54 Å². The third kappa shape index (κ3) is 4.17. The number of Topliss-reactive ketones (excluding diaryl/α,β-unsaturated/α-hetero) is 1. The van der Waals surface area contributed by atoms with Gasteiger partial charge in [0.05, 0.1) is 6.54 Å². The van der Waals surface area contributed by atoms with Gasteiger partial charge in [-0.2, -0.15) is 11.8 Å². The molecule has 0 amide bonds. The van der Waals surface area contributed by atoms with Gasteiger partial charge in [-0.1, -0.05) is 48.5 Å². The Balaban J connectivity index is 1.54. The van der Waals surface area contributed by atoms with Crippen molar-refractivity contribution >= 4 is 29.5 Å². The molecule has 1 atom stereocenters. The first-order valence-corrected chi connectivity index (χ1v) is 11.2. The van der Waals surface area contributed by atoms with Crippen molar-refractivity contribution in [2.45, 2.75) is 17.4 Å². The van der Waals surface area contributed by atoms with Crippen LogP contribution in [0.15, 0.2) is 59.5 Å². The Morgan fingerprint density at radius 3 is 2.50 bits per heavy atom. The molecule has 26 heavy (non-hydrogen) atoms. The molecule has 2 heterocycles. The maximum atomic E-state index is 12.7. The normalized spacial score (nSPS) is 19.9. The molecule has 2 aliphatic rings. The molecule has 3 nitrogen and oxygen atoms in total. The largest absolute Gasteiger partial charge is 0.302 e. The number of carbonyl (C=O) groups excluding carboxylic acids is 1. The van der Waals surface area contributed by atoms with Gasteiger partial charge in [0.15, 0.2) is 5.78 Å². The number of thioether (sulfide) groups is 1. The van der Waals surface area contributed by atoms with E-state index in [2.05, 4.69) is 45.6 Å². The summed E-state index contributed by atoms with van der Waals surface area (Å²) in [6.07, 6.45) is 1.05. The molecular weight excluding hydrogens is 360 g/mol. The molecule has 1 saturated heterocycles. The number of nitrogens with zero attached hydrogens (tertiary/aromatic N) is 2. The first-order valence-electron chi connectivity index (χ1n) is 9.23. The molecule has 1 fully saturated rings. The lowest BCUT2D eigenvalue weighted by molar-refractivity contribution is 0.0945. The van der Waals surface area contributed by atoms with Gasteiger partial charge in [0, 0.05) is 47.6 Å². The molecule has 5 heteroatoms. The van der Waals surface area contributed by atoms with Gasteiger partial charge >= 0.3 is 0 Å². The Bertz CT molecular complexity index is 747. The fraction of sp³-hybridized carbons (Fsp3) is 0.381. The van der Waals surface area contributed by atoms with E-state index in [1.54, 1.807) is 11.9 Å². The van der Waals surface area contributed by atoms with E-state index in [4.69, 9.17) is 0 Å². The second kappa shape index (κ2) is 8.61. The number of fused-ring (bicyclic) bond motifs is 1. The van der Waals surface area contributed by atoms with Gasteiger partial charge in [0.1, 0.15) is 0 Å². The van der Waals surface area contributed by atoms with Crippen LogP contribution in [0.2, 0.25) is 0 Å². The third-order valence-electron chi connectivity index (χ3n) is 5.06. The highest BCUT2D eigenvalue weighted by molar-refractivity contribution is 7.99. The Morgan fingerprint density at radius 1 is 0.962 bits per heavy atom. The number of benzene rings is 2. The second-order valence-electron chi connectivity index (χ2n) is 6.75. The minimum atomic E-state index is 0.231. The van der Waals surface area contributed by atoms with Gasteiger partial charge in [-0.05, 0) is 30.0 Å². The molecule has 2 aromatic rings. The molecular formula is C21H24N2OS2. The average Bonchev–Trinajstić information content (AvgIpc) is 2.70. The van der Waals surface area contributed by atoms with Crippen LogP contribution in [0.25, 0.3) is 0 Å². The summed E-state index contributed by atoms with van der Waals surface area (Å²) in [4.78, 5) is 16.3. The van der Waals surface area contributed by atoms with E-state index in [9.17, 15) is 4.79 Å². The summed E-state index contributed by atoms with van der Waals surface area (Å²) in [7, 11) is 0. The number of carbonyl (C=O) groups is 1. The third-order valence-corrected chi connectivity index (χ3v) is 7.17. The molecule has 1 unspecified atom stereocenters. The van der Waals surface area contributed by atoms with Crippen LogP contribution < -0.4 is 0 Å². The van der Waals surface area contributed by atoms with Crippen molar-refractivity contribution in [3.8, 4) is 0 Å². The Hall–Kier alpha value is -1.27. The summed E-state index contributed by atoms with van der Waals surface area (Å²) in [5.41, 5.74) is 2.17. The van der Waals surface area contributed by atoms with Crippen LogP contribution in [0.5, 0.6) is 0 Å². The van der Waals surface area contributed by atoms with Crippen LogP contribution in [-0.4, -0.2) is 52.7 Å². The van der Waals surface area contributed by atoms with Crippen LogP contribution >= 0.6 is 23.7 Å². The van der Waals surface area contributed by atoms with E-state index >= 15 is 0 Å². The van der Waals surface area contributed by atoms with Gasteiger partial charge < -0.3 is 4.90 Å². The summed E-state index contributed by atoms with van der Waals surface area (Å²) in [5, 5.41) is 0. The van der Waals surface area contributed by atoms with E-state index < -0.39 is 0 Å². The zero-order valence-corrected chi connectivity index (χ0v) is 16.5. The molecule has 0 saturated carbocycles. The minimum Gasteiger partial charge on any atom is -0.302 e. The molecule has 0 spiro atoms. The Kier molecular flexibility index (Phi) is 6.00. The summed E-state index contributed by atoms with van der Waals surface area (Å²) < 4.78 is 2.29. The lowest BCUT2D eigenvalue weighted by atomic mass is 10.0. The van der Waals surface area contributed by atoms with Crippen LogP contribution in [0.4, 0.5) is 0 Å². The summed E-state index contributed by atoms with van der Waals surface area (Å²) >= 11 is 3.79. The highest BCUT2D eigenvalue weighted by atomic mass is 32.2. The van der Waals surface area contributed by atoms with E-state index in [1.807, 2.05) is 30.0 Å². The smallest absolute Gasteiger partial charge is 0.178 e. The fourth-order valence-electron chi connectivity index (χ4n) is 3.62. The fourth-order valence-corrected chi connectivity index (χ4v) is 5.80. The van der Waals surface area contributed by atoms with Crippen LogP contribution in [0.3, 0.4) is 0 Å². The quantitative estimate of drug-likeness (QED) is 0.712. The number of hydrogen-bond donors (Lipinski definition) is 0. The van der Waals surface area contributed by atoms with Gasteiger partial charge in [-0.3, -0.25) is 4.79 Å². The topological polar surface area (TPSA) is 23.6 Å². The predicted molar refractivity (Wildman–Crippen MR) is 111 cm³/mol.